The van der Waals surface area contributed by atoms with Gasteiger partial charge in [-0.05, 0) is 44.0 Å². The van der Waals surface area contributed by atoms with Crippen LogP contribution in [0.2, 0.25) is 0 Å². The summed E-state index contributed by atoms with van der Waals surface area (Å²) in [5.41, 5.74) is 4.96. The van der Waals surface area contributed by atoms with Gasteiger partial charge in [0.05, 0.1) is 37.2 Å². The van der Waals surface area contributed by atoms with Crippen molar-refractivity contribution in [3.8, 4) is 0 Å². The molecule has 126 valence electrons. The fourth-order valence-electron chi connectivity index (χ4n) is 2.70. The minimum atomic E-state index is -0.0977. The third-order valence-corrected chi connectivity index (χ3v) is 4.34. The fraction of sp³-hybridized carbons (Fsp3) is 0.368. The third kappa shape index (κ3) is 3.74. The van der Waals surface area contributed by atoms with Gasteiger partial charge in [-0.25, -0.2) is 4.79 Å². The molecule has 1 saturated heterocycles. The number of aromatic nitrogens is 1. The van der Waals surface area contributed by atoms with Gasteiger partial charge in [0.15, 0.2) is 0 Å². The van der Waals surface area contributed by atoms with E-state index in [0.29, 0.717) is 19.7 Å². The van der Waals surface area contributed by atoms with Crippen molar-refractivity contribution in [1.82, 2.24) is 9.88 Å². The Balaban J connectivity index is 1.46. The number of benzene rings is 1. The van der Waals surface area contributed by atoms with E-state index < -0.39 is 0 Å². The number of aryl methyl sites for hydroxylation is 3. The van der Waals surface area contributed by atoms with Gasteiger partial charge >= 0.3 is 6.03 Å². The molecule has 5 heteroatoms. The number of amides is 2. The van der Waals surface area contributed by atoms with Crippen LogP contribution in [-0.2, 0) is 11.3 Å². The van der Waals surface area contributed by atoms with E-state index in [1.165, 1.54) is 11.1 Å². The molecule has 0 spiro atoms. The molecule has 0 saturated carbocycles. The van der Waals surface area contributed by atoms with E-state index in [-0.39, 0.29) is 12.1 Å². The molecule has 1 aliphatic rings. The Morgan fingerprint density at radius 3 is 2.67 bits per heavy atom. The Kier molecular flexibility index (Phi) is 4.81. The van der Waals surface area contributed by atoms with Crippen molar-refractivity contribution < 1.29 is 9.53 Å². The zero-order valence-corrected chi connectivity index (χ0v) is 14.4. The van der Waals surface area contributed by atoms with Gasteiger partial charge in [-0.2, -0.15) is 0 Å². The van der Waals surface area contributed by atoms with Gasteiger partial charge < -0.3 is 15.0 Å². The second kappa shape index (κ2) is 7.01. The van der Waals surface area contributed by atoms with Crippen molar-refractivity contribution in [3.05, 3.63) is 58.9 Å². The highest BCUT2D eigenvalue weighted by molar-refractivity contribution is 5.90. The van der Waals surface area contributed by atoms with Crippen LogP contribution in [0.15, 0.2) is 36.4 Å². The van der Waals surface area contributed by atoms with Crippen LogP contribution in [0.1, 0.15) is 22.5 Å². The number of nitrogens with zero attached hydrogens (tertiary/aromatic N) is 2. The molecule has 0 aliphatic carbocycles. The number of carbonyl (C=O) groups is 1. The van der Waals surface area contributed by atoms with Gasteiger partial charge in [0, 0.05) is 5.69 Å². The number of urea groups is 1. The average Bonchev–Trinajstić information content (AvgIpc) is 2.50. The highest BCUT2D eigenvalue weighted by Crippen LogP contribution is 2.19. The zero-order chi connectivity index (χ0) is 17.1. The van der Waals surface area contributed by atoms with Crippen LogP contribution in [0, 0.1) is 20.8 Å². The zero-order valence-electron chi connectivity index (χ0n) is 14.4. The smallest absolute Gasteiger partial charge is 0.322 e. The maximum absolute atomic E-state index is 12.2. The number of carbonyl (C=O) groups excluding carboxylic acids is 1. The molecule has 1 aliphatic heterocycles. The number of ether oxygens (including phenoxy) is 1. The van der Waals surface area contributed by atoms with Crippen molar-refractivity contribution in [2.24, 2.45) is 0 Å². The number of nitrogens with one attached hydrogen (secondary N) is 1. The van der Waals surface area contributed by atoms with Gasteiger partial charge in [-0.15, -0.1) is 0 Å². The Hall–Kier alpha value is -2.40. The SMILES string of the molecule is Cc1ccc(NC(=O)N2CC(OCc3ccccc3C)C2)c(C)n1. The summed E-state index contributed by atoms with van der Waals surface area (Å²) in [5, 5.41) is 2.91. The predicted molar refractivity (Wildman–Crippen MR) is 94.1 cm³/mol. The maximum atomic E-state index is 12.2. The molecule has 0 atom stereocenters. The molecule has 1 aromatic heterocycles. The summed E-state index contributed by atoms with van der Waals surface area (Å²) in [6, 6.07) is 11.9. The van der Waals surface area contributed by atoms with E-state index in [1.807, 2.05) is 38.1 Å². The summed E-state index contributed by atoms with van der Waals surface area (Å²) >= 11 is 0. The molecular weight excluding hydrogens is 302 g/mol. The molecule has 1 fully saturated rings. The van der Waals surface area contributed by atoms with Crippen molar-refractivity contribution >= 4 is 11.7 Å². The van der Waals surface area contributed by atoms with Gasteiger partial charge in [-0.3, -0.25) is 4.98 Å². The first-order valence-corrected chi connectivity index (χ1v) is 8.19. The lowest BCUT2D eigenvalue weighted by Crippen LogP contribution is -2.56. The van der Waals surface area contributed by atoms with Crippen LogP contribution in [0.3, 0.4) is 0 Å². The van der Waals surface area contributed by atoms with Crippen molar-refractivity contribution in [2.45, 2.75) is 33.5 Å². The largest absolute Gasteiger partial charge is 0.370 e. The van der Waals surface area contributed by atoms with Gasteiger partial charge in [0.25, 0.3) is 0 Å². The fourth-order valence-corrected chi connectivity index (χ4v) is 2.70. The summed E-state index contributed by atoms with van der Waals surface area (Å²) in [6.07, 6.45) is 0.104. The van der Waals surface area contributed by atoms with Crippen LogP contribution in [-0.4, -0.2) is 35.1 Å². The molecule has 24 heavy (non-hydrogen) atoms. The highest BCUT2D eigenvalue weighted by Gasteiger charge is 2.31. The summed E-state index contributed by atoms with van der Waals surface area (Å²) in [5.74, 6) is 0. The first kappa shape index (κ1) is 16.5. The lowest BCUT2D eigenvalue weighted by molar-refractivity contribution is -0.0422. The monoisotopic (exact) mass is 325 g/mol. The van der Waals surface area contributed by atoms with E-state index in [0.717, 1.165) is 17.1 Å². The molecule has 5 nitrogen and oxygen atoms in total. The van der Waals surface area contributed by atoms with Gasteiger partial charge in [-0.1, -0.05) is 24.3 Å². The van der Waals surface area contributed by atoms with Crippen LogP contribution in [0.25, 0.3) is 0 Å². The lowest BCUT2D eigenvalue weighted by atomic mass is 10.1. The molecule has 3 rings (SSSR count). The lowest BCUT2D eigenvalue weighted by Gasteiger charge is -2.38. The summed E-state index contributed by atoms with van der Waals surface area (Å²) in [7, 11) is 0. The molecule has 1 aromatic carbocycles. The molecule has 0 unspecified atom stereocenters. The van der Waals surface area contributed by atoms with Crippen LogP contribution < -0.4 is 5.32 Å². The summed E-state index contributed by atoms with van der Waals surface area (Å²) in [4.78, 5) is 18.3. The van der Waals surface area contributed by atoms with Crippen molar-refractivity contribution in [1.29, 1.82) is 0 Å². The van der Waals surface area contributed by atoms with Crippen LogP contribution >= 0.6 is 0 Å². The minimum Gasteiger partial charge on any atom is -0.370 e. The molecule has 2 aromatic rings. The number of rotatable bonds is 4. The second-order valence-electron chi connectivity index (χ2n) is 6.28. The standard InChI is InChI=1S/C19H23N3O2/c1-13-6-4-5-7-16(13)12-24-17-10-22(11-17)19(23)21-18-9-8-14(2)20-15(18)3/h4-9,17H,10-12H2,1-3H3,(H,21,23). The molecule has 0 radical (unpaired) electrons. The first-order valence-electron chi connectivity index (χ1n) is 8.19. The molecule has 0 bridgehead atoms. The molecule has 2 amide bonds. The van der Waals surface area contributed by atoms with Crippen LogP contribution in [0.5, 0.6) is 0 Å². The predicted octanol–water partition coefficient (Wildman–Crippen LogP) is 3.44. The number of likely N-dealkylation sites (tertiary alicyclic amines) is 1. The van der Waals surface area contributed by atoms with Crippen LogP contribution in [0.4, 0.5) is 10.5 Å². The van der Waals surface area contributed by atoms with E-state index in [2.05, 4.69) is 29.4 Å². The second-order valence-corrected chi connectivity index (χ2v) is 6.28. The molecule has 1 N–H and O–H groups in total. The van der Waals surface area contributed by atoms with E-state index in [1.54, 1.807) is 4.90 Å². The van der Waals surface area contributed by atoms with Crippen molar-refractivity contribution in [2.75, 3.05) is 18.4 Å². The maximum Gasteiger partial charge on any atom is 0.322 e. The number of hydrogen-bond donors (Lipinski definition) is 1. The quantitative estimate of drug-likeness (QED) is 0.937. The van der Waals surface area contributed by atoms with E-state index >= 15 is 0 Å². The number of hydrogen-bond acceptors (Lipinski definition) is 3. The van der Waals surface area contributed by atoms with Gasteiger partial charge in [0.1, 0.15) is 0 Å². The number of pyridine rings is 1. The Bertz CT molecular complexity index is 739. The summed E-state index contributed by atoms with van der Waals surface area (Å²) < 4.78 is 5.88. The number of anilines is 1. The Morgan fingerprint density at radius 1 is 1.21 bits per heavy atom. The van der Waals surface area contributed by atoms with E-state index in [4.69, 9.17) is 4.74 Å². The normalized spacial score (nSPS) is 14.4. The minimum absolute atomic E-state index is 0.0977. The highest BCUT2D eigenvalue weighted by atomic mass is 16.5. The topological polar surface area (TPSA) is 54.5 Å². The van der Waals surface area contributed by atoms with Gasteiger partial charge in [0.2, 0.25) is 0 Å². The molecule has 2 heterocycles. The average molecular weight is 325 g/mol. The molecular formula is C19H23N3O2. The van der Waals surface area contributed by atoms with Crippen molar-refractivity contribution in [3.63, 3.8) is 0 Å². The Morgan fingerprint density at radius 2 is 1.96 bits per heavy atom. The first-order chi connectivity index (χ1) is 11.5. The summed E-state index contributed by atoms with van der Waals surface area (Å²) in [6.45, 7) is 7.74. The third-order valence-electron chi connectivity index (χ3n) is 4.34. The van der Waals surface area contributed by atoms with E-state index in [9.17, 15) is 4.79 Å². The Labute approximate surface area is 142 Å².